The molecule has 0 radical (unpaired) electrons. The van der Waals surface area contributed by atoms with Gasteiger partial charge >= 0.3 is 0 Å². The first-order valence-electron chi connectivity index (χ1n) is 9.93. The average Bonchev–Trinajstić information content (AvgIpc) is 2.91. The van der Waals surface area contributed by atoms with Crippen LogP contribution in [-0.2, 0) is 16.1 Å². The minimum atomic E-state index is 0.176. The van der Waals surface area contributed by atoms with E-state index < -0.39 is 0 Å². The Bertz CT molecular complexity index is 587. The van der Waals surface area contributed by atoms with Crippen LogP contribution in [0.25, 0.3) is 0 Å². The second kappa shape index (κ2) is 9.86. The van der Waals surface area contributed by atoms with Gasteiger partial charge in [0.1, 0.15) is 6.61 Å². The molecule has 3 rings (SSSR count). The van der Waals surface area contributed by atoms with Gasteiger partial charge in [0.15, 0.2) is 0 Å². The van der Waals surface area contributed by atoms with Gasteiger partial charge in [-0.1, -0.05) is 47.0 Å². The zero-order valence-corrected chi connectivity index (χ0v) is 17.4. The number of nitrogens with zero attached hydrogens (tertiary/aromatic N) is 2. The van der Waals surface area contributed by atoms with E-state index in [0.29, 0.717) is 12.0 Å². The number of amides is 1. The van der Waals surface area contributed by atoms with Crippen LogP contribution in [0.1, 0.15) is 44.1 Å². The number of methoxy groups -OCH3 is 1. The second-order valence-electron chi connectivity index (χ2n) is 7.64. The van der Waals surface area contributed by atoms with Crippen LogP contribution in [0.5, 0.6) is 0 Å². The number of hydrogen-bond donors (Lipinski definition) is 0. The molecule has 2 fully saturated rings. The van der Waals surface area contributed by atoms with E-state index in [1.54, 1.807) is 7.11 Å². The van der Waals surface area contributed by atoms with Gasteiger partial charge in [0.25, 0.3) is 0 Å². The fourth-order valence-electron chi connectivity index (χ4n) is 4.50. The molecule has 4 nitrogen and oxygen atoms in total. The van der Waals surface area contributed by atoms with E-state index in [1.165, 1.54) is 35.7 Å². The molecule has 0 bridgehead atoms. The molecule has 0 spiro atoms. The minimum Gasteiger partial charge on any atom is -0.375 e. The summed E-state index contributed by atoms with van der Waals surface area (Å²) in [6.45, 7) is 4.37. The minimum absolute atomic E-state index is 0.176. The van der Waals surface area contributed by atoms with Gasteiger partial charge in [0.2, 0.25) is 5.91 Å². The Morgan fingerprint density at radius 3 is 2.62 bits per heavy atom. The van der Waals surface area contributed by atoms with Crippen molar-refractivity contribution < 1.29 is 9.53 Å². The Kier molecular flexibility index (Phi) is 7.52. The third-order valence-electron chi connectivity index (χ3n) is 5.92. The lowest BCUT2D eigenvalue weighted by Crippen LogP contribution is -2.48. The van der Waals surface area contributed by atoms with E-state index in [-0.39, 0.29) is 12.5 Å². The molecule has 0 aliphatic carbocycles. The molecule has 26 heavy (non-hydrogen) atoms. The molecule has 1 aromatic carbocycles. The number of rotatable bonds is 5. The van der Waals surface area contributed by atoms with Gasteiger partial charge in [-0.2, -0.15) is 0 Å². The molecule has 144 valence electrons. The zero-order chi connectivity index (χ0) is 18.4. The van der Waals surface area contributed by atoms with Crippen LogP contribution in [0.3, 0.4) is 0 Å². The molecule has 0 N–H and O–H groups in total. The number of likely N-dealkylation sites (tertiary alicyclic amines) is 2. The molecule has 2 aliphatic rings. The largest absolute Gasteiger partial charge is 0.375 e. The first kappa shape index (κ1) is 19.8. The van der Waals surface area contributed by atoms with E-state index in [1.807, 2.05) is 0 Å². The Labute approximate surface area is 166 Å². The normalized spacial score (nSPS) is 23.0. The third-order valence-corrected chi connectivity index (χ3v) is 6.69. The van der Waals surface area contributed by atoms with Crippen LogP contribution < -0.4 is 0 Å². The van der Waals surface area contributed by atoms with Crippen molar-refractivity contribution in [1.29, 1.82) is 0 Å². The number of piperidine rings is 1. The van der Waals surface area contributed by atoms with Gasteiger partial charge in [0, 0.05) is 30.7 Å². The molecule has 2 heterocycles. The highest BCUT2D eigenvalue weighted by Gasteiger charge is 2.33. The summed E-state index contributed by atoms with van der Waals surface area (Å²) in [5, 5.41) is 0. The van der Waals surface area contributed by atoms with Gasteiger partial charge in [0.05, 0.1) is 0 Å². The van der Waals surface area contributed by atoms with E-state index in [9.17, 15) is 4.79 Å². The summed E-state index contributed by atoms with van der Waals surface area (Å²) >= 11 is 3.66. The fraction of sp³-hybridized carbons (Fsp3) is 0.667. The molecule has 5 heteroatoms. The summed E-state index contributed by atoms with van der Waals surface area (Å²) in [5.41, 5.74) is 1.36. The molecule has 0 aromatic heterocycles. The number of ether oxygens (including phenoxy) is 1. The van der Waals surface area contributed by atoms with Crippen LogP contribution in [0, 0.1) is 5.92 Å². The number of hydrogen-bond acceptors (Lipinski definition) is 3. The van der Waals surface area contributed by atoms with E-state index >= 15 is 0 Å². The maximum Gasteiger partial charge on any atom is 0.248 e. The fourth-order valence-corrected chi connectivity index (χ4v) is 4.91. The van der Waals surface area contributed by atoms with Crippen molar-refractivity contribution in [3.63, 3.8) is 0 Å². The Morgan fingerprint density at radius 1 is 1.12 bits per heavy atom. The molecule has 1 amide bonds. The SMILES string of the molecule is COCC(=O)N1CCCCC[C@H]1C1CCN(Cc2ccccc2Br)CC1. The lowest BCUT2D eigenvalue weighted by molar-refractivity contribution is -0.139. The van der Waals surface area contributed by atoms with Gasteiger partial charge in [-0.3, -0.25) is 9.69 Å². The van der Waals surface area contributed by atoms with Crippen LogP contribution in [-0.4, -0.2) is 55.1 Å². The lowest BCUT2D eigenvalue weighted by atomic mass is 9.86. The van der Waals surface area contributed by atoms with Crippen molar-refractivity contribution in [2.45, 2.75) is 51.1 Å². The lowest BCUT2D eigenvalue weighted by Gasteiger charge is -2.40. The maximum absolute atomic E-state index is 12.5. The highest BCUT2D eigenvalue weighted by atomic mass is 79.9. The van der Waals surface area contributed by atoms with E-state index in [0.717, 1.165) is 39.0 Å². The van der Waals surface area contributed by atoms with Gasteiger partial charge < -0.3 is 9.64 Å². The van der Waals surface area contributed by atoms with Gasteiger partial charge in [-0.15, -0.1) is 0 Å². The van der Waals surface area contributed by atoms with Crippen molar-refractivity contribution in [2.75, 3.05) is 33.4 Å². The smallest absolute Gasteiger partial charge is 0.248 e. The topological polar surface area (TPSA) is 32.8 Å². The van der Waals surface area contributed by atoms with Gasteiger partial charge in [-0.25, -0.2) is 0 Å². The van der Waals surface area contributed by atoms with Crippen LogP contribution >= 0.6 is 15.9 Å². The standard InChI is InChI=1S/C21H31BrN2O2/c1-26-16-21(25)24-12-6-2-3-9-20(24)17-10-13-23(14-11-17)15-18-7-4-5-8-19(18)22/h4-5,7-8,17,20H,2-3,6,9-16H2,1H3/t20-/m0/s1. The number of halogens is 1. The third kappa shape index (κ3) is 5.08. The van der Waals surface area contributed by atoms with Crippen molar-refractivity contribution in [3.05, 3.63) is 34.3 Å². The average molecular weight is 423 g/mol. The summed E-state index contributed by atoms with van der Waals surface area (Å²) in [6.07, 6.45) is 7.15. The molecule has 0 saturated carbocycles. The highest BCUT2D eigenvalue weighted by molar-refractivity contribution is 9.10. The van der Waals surface area contributed by atoms with Crippen molar-refractivity contribution in [1.82, 2.24) is 9.80 Å². The quantitative estimate of drug-likeness (QED) is 0.716. The first-order valence-corrected chi connectivity index (χ1v) is 10.7. The molecular weight excluding hydrogens is 392 g/mol. The Morgan fingerprint density at radius 2 is 1.88 bits per heavy atom. The van der Waals surface area contributed by atoms with Crippen LogP contribution in [0.4, 0.5) is 0 Å². The molecule has 2 saturated heterocycles. The van der Waals surface area contributed by atoms with Crippen molar-refractivity contribution in [3.8, 4) is 0 Å². The van der Waals surface area contributed by atoms with E-state index in [4.69, 9.17) is 4.74 Å². The molecule has 1 atom stereocenters. The summed E-state index contributed by atoms with van der Waals surface area (Å²) in [7, 11) is 1.62. The number of benzene rings is 1. The molecule has 1 aromatic rings. The highest BCUT2D eigenvalue weighted by Crippen LogP contribution is 2.31. The molecule has 2 aliphatic heterocycles. The molecular formula is C21H31BrN2O2. The van der Waals surface area contributed by atoms with Crippen LogP contribution in [0.15, 0.2) is 28.7 Å². The molecule has 0 unspecified atom stereocenters. The predicted molar refractivity (Wildman–Crippen MR) is 108 cm³/mol. The Hall–Kier alpha value is -0.910. The summed E-state index contributed by atoms with van der Waals surface area (Å²) in [6, 6.07) is 8.90. The summed E-state index contributed by atoms with van der Waals surface area (Å²) < 4.78 is 6.32. The summed E-state index contributed by atoms with van der Waals surface area (Å²) in [4.78, 5) is 17.2. The van der Waals surface area contributed by atoms with Crippen molar-refractivity contribution in [2.24, 2.45) is 5.92 Å². The zero-order valence-electron chi connectivity index (χ0n) is 15.8. The monoisotopic (exact) mass is 422 g/mol. The number of carbonyl (C=O) groups excluding carboxylic acids is 1. The van der Waals surface area contributed by atoms with Crippen LogP contribution in [0.2, 0.25) is 0 Å². The second-order valence-corrected chi connectivity index (χ2v) is 8.50. The predicted octanol–water partition coefficient (Wildman–Crippen LogP) is 4.08. The summed E-state index contributed by atoms with van der Waals surface area (Å²) in [5.74, 6) is 0.805. The Balaban J connectivity index is 1.58. The maximum atomic E-state index is 12.5. The number of carbonyl (C=O) groups is 1. The first-order chi connectivity index (χ1) is 12.7. The van der Waals surface area contributed by atoms with Gasteiger partial charge in [-0.05, 0) is 56.3 Å². The van der Waals surface area contributed by atoms with Crippen molar-refractivity contribution >= 4 is 21.8 Å². The van der Waals surface area contributed by atoms with E-state index in [2.05, 4.69) is 50.0 Å².